The van der Waals surface area contributed by atoms with Gasteiger partial charge in [-0.25, -0.2) is 4.39 Å². The zero-order chi connectivity index (χ0) is 19.0. The van der Waals surface area contributed by atoms with Crippen LogP contribution in [0.2, 0.25) is 0 Å². The molecule has 3 nitrogen and oxygen atoms in total. The summed E-state index contributed by atoms with van der Waals surface area (Å²) in [5, 5.41) is 10.0. The van der Waals surface area contributed by atoms with Crippen molar-refractivity contribution in [3.63, 3.8) is 0 Å². The molecule has 5 heteroatoms. The number of halogens is 1. The van der Waals surface area contributed by atoms with Gasteiger partial charge in [0.15, 0.2) is 0 Å². The van der Waals surface area contributed by atoms with Crippen LogP contribution in [-0.2, 0) is 14.7 Å². The highest BCUT2D eigenvalue weighted by molar-refractivity contribution is 6.54. The van der Waals surface area contributed by atoms with Crippen molar-refractivity contribution in [2.45, 2.75) is 76.4 Å². The highest BCUT2D eigenvalue weighted by atomic mass is 19.1. The van der Waals surface area contributed by atoms with Gasteiger partial charge in [0, 0.05) is 5.41 Å². The van der Waals surface area contributed by atoms with E-state index in [2.05, 4.69) is 0 Å². The van der Waals surface area contributed by atoms with Crippen LogP contribution in [0, 0.1) is 0 Å². The van der Waals surface area contributed by atoms with E-state index in [1.807, 2.05) is 52.0 Å². The molecule has 2 fully saturated rings. The summed E-state index contributed by atoms with van der Waals surface area (Å²) in [6, 6.07) is 7.85. The summed E-state index contributed by atoms with van der Waals surface area (Å²) in [5.74, 6) is 0. The second-order valence-electron chi connectivity index (χ2n) is 8.74. The molecule has 1 aliphatic carbocycles. The lowest BCUT2D eigenvalue weighted by molar-refractivity contribution is 0.00578. The minimum atomic E-state index is -0.981. The molecule has 0 bridgehead atoms. The van der Waals surface area contributed by atoms with E-state index in [1.54, 1.807) is 0 Å². The Labute approximate surface area is 156 Å². The van der Waals surface area contributed by atoms with Crippen molar-refractivity contribution in [1.82, 2.24) is 0 Å². The predicted octanol–water partition coefficient (Wildman–Crippen LogP) is 4.82. The fourth-order valence-corrected chi connectivity index (χ4v) is 3.91. The van der Waals surface area contributed by atoms with Crippen molar-refractivity contribution in [1.29, 1.82) is 0 Å². The molecule has 3 rings (SSSR count). The fourth-order valence-electron chi connectivity index (χ4n) is 3.91. The van der Waals surface area contributed by atoms with E-state index in [0.717, 1.165) is 36.8 Å². The maximum absolute atomic E-state index is 14.8. The summed E-state index contributed by atoms with van der Waals surface area (Å²) in [5.41, 5.74) is 0.121. The molecule has 1 aromatic carbocycles. The van der Waals surface area contributed by atoms with Gasteiger partial charge < -0.3 is 14.4 Å². The number of aliphatic hydroxyl groups is 1. The molecule has 0 amide bonds. The largest absolute Gasteiger partial charge is 0.525 e. The first-order chi connectivity index (χ1) is 12.2. The van der Waals surface area contributed by atoms with Crippen LogP contribution in [0.5, 0.6) is 0 Å². The van der Waals surface area contributed by atoms with Gasteiger partial charge in [0.1, 0.15) is 5.73 Å². The van der Waals surface area contributed by atoms with Gasteiger partial charge in [-0.05, 0) is 57.7 Å². The lowest BCUT2D eigenvalue weighted by Crippen LogP contribution is -2.41. The quantitative estimate of drug-likeness (QED) is 0.783. The molecule has 1 aliphatic heterocycles. The van der Waals surface area contributed by atoms with Crippen LogP contribution >= 0.6 is 0 Å². The lowest BCUT2D eigenvalue weighted by Gasteiger charge is -2.36. The highest BCUT2D eigenvalue weighted by Gasteiger charge is 2.53. The molecular formula is C21H30BFO3. The monoisotopic (exact) mass is 360 g/mol. The Morgan fingerprint density at radius 3 is 2.31 bits per heavy atom. The van der Waals surface area contributed by atoms with Gasteiger partial charge >= 0.3 is 7.12 Å². The molecule has 26 heavy (non-hydrogen) atoms. The van der Waals surface area contributed by atoms with Crippen LogP contribution in [0.15, 0.2) is 30.0 Å². The highest BCUT2D eigenvalue weighted by Crippen LogP contribution is 2.41. The molecule has 1 heterocycles. The third-order valence-corrected chi connectivity index (χ3v) is 6.40. The SMILES string of the molecule is CC1(C)OB(C(F)=Cc2cccc(C3(CO)CCCCC3)c2)OC1(C)C. The van der Waals surface area contributed by atoms with E-state index in [-0.39, 0.29) is 12.0 Å². The van der Waals surface area contributed by atoms with Gasteiger partial charge in [-0.15, -0.1) is 0 Å². The van der Waals surface area contributed by atoms with Crippen LogP contribution in [0.1, 0.15) is 70.9 Å². The molecule has 142 valence electrons. The van der Waals surface area contributed by atoms with Crippen LogP contribution < -0.4 is 0 Å². The van der Waals surface area contributed by atoms with Gasteiger partial charge in [-0.3, -0.25) is 0 Å². The van der Waals surface area contributed by atoms with Crippen molar-refractivity contribution in [2.24, 2.45) is 0 Å². The average Bonchev–Trinajstić information content (AvgIpc) is 2.83. The van der Waals surface area contributed by atoms with Crippen molar-refractivity contribution in [2.75, 3.05) is 6.61 Å². The van der Waals surface area contributed by atoms with Gasteiger partial charge in [-0.2, -0.15) is 0 Å². The van der Waals surface area contributed by atoms with E-state index >= 15 is 0 Å². The molecule has 1 saturated heterocycles. The number of hydrogen-bond acceptors (Lipinski definition) is 3. The summed E-state index contributed by atoms with van der Waals surface area (Å²) in [4.78, 5) is 0. The van der Waals surface area contributed by atoms with E-state index in [9.17, 15) is 9.50 Å². The molecule has 0 spiro atoms. The molecule has 1 N–H and O–H groups in total. The maximum atomic E-state index is 14.8. The molecule has 0 radical (unpaired) electrons. The van der Waals surface area contributed by atoms with Crippen LogP contribution in [0.4, 0.5) is 4.39 Å². The minimum Gasteiger partial charge on any atom is -0.398 e. The van der Waals surface area contributed by atoms with Crippen molar-refractivity contribution in [3.05, 3.63) is 41.1 Å². The van der Waals surface area contributed by atoms with Gasteiger partial charge in [0.2, 0.25) is 0 Å². The molecule has 0 aromatic heterocycles. The zero-order valence-electron chi connectivity index (χ0n) is 16.3. The third-order valence-electron chi connectivity index (χ3n) is 6.40. The van der Waals surface area contributed by atoms with E-state index < -0.39 is 24.0 Å². The summed E-state index contributed by atoms with van der Waals surface area (Å²) >= 11 is 0. The standard InChI is InChI=1S/C21H30BFO3/c1-19(2)20(3,4)26-22(25-19)18(23)14-16-9-8-10-17(13-16)21(15-24)11-6-5-7-12-21/h8-10,13-14,24H,5-7,11-12,15H2,1-4H3. The molecule has 0 unspecified atom stereocenters. The molecule has 0 atom stereocenters. The minimum absolute atomic E-state index is 0.139. The van der Waals surface area contributed by atoms with Gasteiger partial charge in [0.25, 0.3) is 0 Å². The van der Waals surface area contributed by atoms with Crippen LogP contribution in [0.25, 0.3) is 6.08 Å². The number of hydrogen-bond donors (Lipinski definition) is 1. The Morgan fingerprint density at radius 1 is 1.12 bits per heavy atom. The first-order valence-corrected chi connectivity index (χ1v) is 9.63. The Hall–Kier alpha value is -1.17. The number of aliphatic hydroxyl groups excluding tert-OH is 1. The third kappa shape index (κ3) is 3.62. The summed E-state index contributed by atoms with van der Waals surface area (Å²) in [6.45, 7) is 7.79. The summed E-state index contributed by atoms with van der Waals surface area (Å²) < 4.78 is 26.4. The summed E-state index contributed by atoms with van der Waals surface area (Å²) in [6.07, 6.45) is 6.93. The Bertz CT molecular complexity index is 662. The van der Waals surface area contributed by atoms with Crippen LogP contribution in [-0.4, -0.2) is 30.0 Å². The average molecular weight is 360 g/mol. The molecular weight excluding hydrogens is 330 g/mol. The Morgan fingerprint density at radius 2 is 1.73 bits per heavy atom. The van der Waals surface area contributed by atoms with Gasteiger partial charge in [0.05, 0.1) is 17.8 Å². The topological polar surface area (TPSA) is 38.7 Å². The van der Waals surface area contributed by atoms with Crippen molar-refractivity contribution >= 4 is 13.2 Å². The summed E-state index contributed by atoms with van der Waals surface area (Å²) in [7, 11) is -0.981. The number of benzene rings is 1. The Kier molecular flexibility index (Phi) is 5.35. The Balaban J connectivity index is 1.83. The first kappa shape index (κ1) is 19.6. The van der Waals surface area contributed by atoms with E-state index in [4.69, 9.17) is 9.31 Å². The maximum Gasteiger partial charge on any atom is 0.525 e. The smallest absolute Gasteiger partial charge is 0.398 e. The fraction of sp³-hybridized carbons (Fsp3) is 0.619. The zero-order valence-corrected chi connectivity index (χ0v) is 16.3. The molecule has 2 aliphatic rings. The second kappa shape index (κ2) is 7.10. The predicted molar refractivity (Wildman–Crippen MR) is 103 cm³/mol. The van der Waals surface area contributed by atoms with Gasteiger partial charge in [-0.1, -0.05) is 43.5 Å². The lowest BCUT2D eigenvalue weighted by atomic mass is 9.70. The second-order valence-corrected chi connectivity index (χ2v) is 8.74. The first-order valence-electron chi connectivity index (χ1n) is 9.63. The van der Waals surface area contributed by atoms with E-state index in [0.29, 0.717) is 0 Å². The normalized spacial score (nSPS) is 24.7. The van der Waals surface area contributed by atoms with E-state index in [1.165, 1.54) is 12.5 Å². The van der Waals surface area contributed by atoms with Crippen molar-refractivity contribution < 1.29 is 18.8 Å². The molecule has 1 aromatic rings. The van der Waals surface area contributed by atoms with Crippen molar-refractivity contribution in [3.8, 4) is 0 Å². The molecule has 1 saturated carbocycles. The number of rotatable bonds is 4. The van der Waals surface area contributed by atoms with Crippen LogP contribution in [0.3, 0.4) is 0 Å².